The molecule has 10 heteroatoms. The van der Waals surface area contributed by atoms with Crippen molar-refractivity contribution >= 4 is 45.3 Å². The Morgan fingerprint density at radius 3 is 2.59 bits per heavy atom. The number of fused-ring (bicyclic) bond motifs is 3. The molecular formula is C24H19BrN2O7. The summed E-state index contributed by atoms with van der Waals surface area (Å²) in [5.74, 6) is -5.24. The Bertz CT molecular complexity index is 1310. The lowest BCUT2D eigenvalue weighted by molar-refractivity contribution is -0.136. The van der Waals surface area contributed by atoms with Crippen LogP contribution in [-0.4, -0.2) is 46.5 Å². The molecule has 1 aromatic rings. The summed E-state index contributed by atoms with van der Waals surface area (Å²) in [7, 11) is 1.42. The highest BCUT2D eigenvalue weighted by molar-refractivity contribution is 9.12. The van der Waals surface area contributed by atoms with Crippen molar-refractivity contribution in [1.29, 1.82) is 0 Å². The monoisotopic (exact) mass is 526 g/mol. The molecule has 0 spiro atoms. The molecule has 174 valence electrons. The van der Waals surface area contributed by atoms with E-state index in [4.69, 9.17) is 10.5 Å². The topological polar surface area (TPSA) is 144 Å². The Morgan fingerprint density at radius 2 is 1.91 bits per heavy atom. The van der Waals surface area contributed by atoms with E-state index in [1.807, 2.05) is 0 Å². The van der Waals surface area contributed by atoms with Gasteiger partial charge in [0.25, 0.3) is 0 Å². The first-order valence-electron chi connectivity index (χ1n) is 10.6. The number of aromatic hydroxyl groups is 1. The molecule has 3 N–H and O–H groups in total. The average Bonchev–Trinajstić information content (AvgIpc) is 3.06. The van der Waals surface area contributed by atoms with Crippen LogP contribution in [0.15, 0.2) is 51.6 Å². The molecule has 1 saturated heterocycles. The second-order valence-electron chi connectivity index (χ2n) is 8.64. The third-order valence-electron chi connectivity index (χ3n) is 7.10. The number of hydrogen-bond acceptors (Lipinski definition) is 7. The number of imide groups is 3. The number of halogens is 1. The molecule has 0 aromatic heterocycles. The van der Waals surface area contributed by atoms with Gasteiger partial charge in [0.1, 0.15) is 11.5 Å². The van der Waals surface area contributed by atoms with Crippen LogP contribution in [0.1, 0.15) is 24.3 Å². The zero-order valence-corrected chi connectivity index (χ0v) is 19.5. The Balaban J connectivity index is 1.75. The predicted octanol–water partition coefficient (Wildman–Crippen LogP) is 2.24. The molecule has 4 unspecified atom stereocenters. The van der Waals surface area contributed by atoms with E-state index in [1.54, 1.807) is 18.2 Å². The first kappa shape index (κ1) is 22.3. The summed E-state index contributed by atoms with van der Waals surface area (Å²) >= 11 is 3.15. The number of Topliss-reactive ketones (excluding diaryl/α,β-unsaturated/α-hetero) is 1. The fraction of sp³-hybridized carbons (Fsp3) is 0.292. The van der Waals surface area contributed by atoms with Gasteiger partial charge in [-0.1, -0.05) is 17.7 Å². The number of nitrogens with two attached hydrogens (primary N) is 1. The van der Waals surface area contributed by atoms with Crippen molar-refractivity contribution in [2.75, 3.05) is 7.11 Å². The van der Waals surface area contributed by atoms with Crippen LogP contribution in [0, 0.1) is 17.8 Å². The number of carbonyl (C=O) groups is 5. The zero-order valence-electron chi connectivity index (χ0n) is 17.9. The lowest BCUT2D eigenvalue weighted by Gasteiger charge is -2.42. The number of phenols is 1. The second-order valence-corrected chi connectivity index (χ2v) is 9.49. The predicted molar refractivity (Wildman–Crippen MR) is 121 cm³/mol. The molecule has 1 heterocycles. The quantitative estimate of drug-likeness (QED) is 0.341. The van der Waals surface area contributed by atoms with Crippen molar-refractivity contribution in [1.82, 2.24) is 4.90 Å². The minimum Gasteiger partial charge on any atom is -0.507 e. The van der Waals surface area contributed by atoms with Crippen LogP contribution in [0.5, 0.6) is 11.5 Å². The van der Waals surface area contributed by atoms with E-state index in [2.05, 4.69) is 15.9 Å². The van der Waals surface area contributed by atoms with Gasteiger partial charge in [0.05, 0.1) is 23.4 Å². The molecule has 0 bridgehead atoms. The molecule has 9 nitrogen and oxygen atoms in total. The minimum atomic E-state index is -1.14. The third kappa shape index (κ3) is 2.94. The van der Waals surface area contributed by atoms with Crippen LogP contribution in [0.3, 0.4) is 0 Å². The second kappa shape index (κ2) is 7.76. The number of urea groups is 1. The summed E-state index contributed by atoms with van der Waals surface area (Å²) in [6, 6.07) is 3.53. The Kier molecular flexibility index (Phi) is 5.09. The van der Waals surface area contributed by atoms with Crippen molar-refractivity contribution in [2.45, 2.75) is 18.8 Å². The molecular weight excluding hydrogens is 508 g/mol. The number of methoxy groups -OCH3 is 1. The van der Waals surface area contributed by atoms with Crippen LogP contribution in [-0.2, 0) is 19.2 Å². The number of phenolic OH excluding ortho intramolecular Hbond substituents is 1. The average molecular weight is 527 g/mol. The number of ether oxygens (including phenoxy) is 1. The van der Waals surface area contributed by atoms with Gasteiger partial charge in [0, 0.05) is 28.7 Å². The van der Waals surface area contributed by atoms with Crippen molar-refractivity contribution in [3.63, 3.8) is 0 Å². The van der Waals surface area contributed by atoms with Crippen LogP contribution in [0.25, 0.3) is 0 Å². The number of ketones is 2. The highest BCUT2D eigenvalue weighted by Gasteiger charge is 2.58. The van der Waals surface area contributed by atoms with Gasteiger partial charge >= 0.3 is 6.03 Å². The number of likely N-dealkylation sites (tertiary alicyclic amines) is 1. The van der Waals surface area contributed by atoms with Gasteiger partial charge in [-0.3, -0.25) is 19.2 Å². The molecule has 0 saturated carbocycles. The van der Waals surface area contributed by atoms with Crippen molar-refractivity contribution in [3.05, 3.63) is 57.1 Å². The van der Waals surface area contributed by atoms with Crippen LogP contribution in [0.2, 0.25) is 0 Å². The van der Waals surface area contributed by atoms with E-state index >= 15 is 0 Å². The lowest BCUT2D eigenvalue weighted by atomic mass is 9.59. The number of rotatable bonds is 2. The lowest BCUT2D eigenvalue weighted by Crippen LogP contribution is -2.42. The summed E-state index contributed by atoms with van der Waals surface area (Å²) in [4.78, 5) is 64.6. The SMILES string of the molecule is COc1cccc(O)c1C1C2=CCC3C(=O)N(C(N)=O)C(=O)C3C2CC2=C1C(=O)C=C(Br)C2=O. The summed E-state index contributed by atoms with van der Waals surface area (Å²) in [6.45, 7) is 0. The Hall–Kier alpha value is -3.53. The van der Waals surface area contributed by atoms with Crippen molar-refractivity contribution in [3.8, 4) is 11.5 Å². The molecule has 3 aliphatic carbocycles. The molecule has 4 amide bonds. The van der Waals surface area contributed by atoms with Gasteiger partial charge in [0.15, 0.2) is 11.6 Å². The molecule has 0 radical (unpaired) electrons. The van der Waals surface area contributed by atoms with Crippen LogP contribution in [0.4, 0.5) is 4.79 Å². The van der Waals surface area contributed by atoms with E-state index in [0.29, 0.717) is 21.8 Å². The first-order valence-corrected chi connectivity index (χ1v) is 11.4. The number of carbonyl (C=O) groups excluding carboxylic acids is 5. The molecule has 4 atom stereocenters. The minimum absolute atomic E-state index is 0.0356. The number of allylic oxidation sites excluding steroid dienone is 6. The van der Waals surface area contributed by atoms with E-state index in [9.17, 15) is 29.1 Å². The number of amides is 4. The summed E-state index contributed by atoms with van der Waals surface area (Å²) in [5.41, 5.74) is 6.63. The van der Waals surface area contributed by atoms with Gasteiger partial charge in [-0.25, -0.2) is 4.79 Å². The molecule has 1 aliphatic heterocycles. The number of nitrogens with zero attached hydrogens (tertiary/aromatic N) is 1. The van der Waals surface area contributed by atoms with Gasteiger partial charge in [0.2, 0.25) is 11.8 Å². The van der Waals surface area contributed by atoms with Crippen molar-refractivity contribution in [2.24, 2.45) is 23.5 Å². The van der Waals surface area contributed by atoms with E-state index in [0.717, 1.165) is 0 Å². The van der Waals surface area contributed by atoms with Gasteiger partial charge in [-0.05, 0) is 46.8 Å². The van der Waals surface area contributed by atoms with Crippen LogP contribution >= 0.6 is 15.9 Å². The molecule has 4 aliphatic rings. The largest absolute Gasteiger partial charge is 0.507 e. The maximum atomic E-state index is 13.2. The smallest absolute Gasteiger partial charge is 0.328 e. The van der Waals surface area contributed by atoms with Gasteiger partial charge in [-0.2, -0.15) is 4.90 Å². The normalized spacial score (nSPS) is 28.2. The Labute approximate surface area is 202 Å². The van der Waals surface area contributed by atoms with Crippen molar-refractivity contribution < 1.29 is 33.8 Å². The number of primary amides is 1. The molecule has 34 heavy (non-hydrogen) atoms. The molecule has 5 rings (SSSR count). The maximum Gasteiger partial charge on any atom is 0.328 e. The van der Waals surface area contributed by atoms with E-state index in [1.165, 1.54) is 19.3 Å². The van der Waals surface area contributed by atoms with Gasteiger partial charge < -0.3 is 15.6 Å². The summed E-state index contributed by atoms with van der Waals surface area (Å²) in [6.07, 6.45) is 3.16. The van der Waals surface area contributed by atoms with E-state index < -0.39 is 53.1 Å². The standard InChI is InChI=1S/C24H19BrN2O7/c1-34-16-4-2-3-14(28)20(16)19-9-5-6-10-17(23(32)27(22(10)31)24(26)33)11(9)7-12-18(19)15(29)8-13(25)21(12)30/h2-5,8,10-11,17,19,28H,6-7H2,1H3,(H2,26,33). The van der Waals surface area contributed by atoms with E-state index in [-0.39, 0.29) is 34.2 Å². The Morgan fingerprint density at radius 1 is 1.18 bits per heavy atom. The number of benzene rings is 1. The van der Waals surface area contributed by atoms with Crippen LogP contribution < -0.4 is 10.5 Å². The third-order valence-corrected chi connectivity index (χ3v) is 7.69. The summed E-state index contributed by atoms with van der Waals surface area (Å²) < 4.78 is 5.56. The maximum absolute atomic E-state index is 13.2. The fourth-order valence-electron chi connectivity index (χ4n) is 5.76. The van der Waals surface area contributed by atoms with Gasteiger partial charge in [-0.15, -0.1) is 0 Å². The molecule has 1 aromatic carbocycles. The highest BCUT2D eigenvalue weighted by atomic mass is 79.9. The zero-order chi connectivity index (χ0) is 24.5. The fourth-order valence-corrected chi connectivity index (χ4v) is 6.20. The first-order chi connectivity index (χ1) is 16.2. The highest BCUT2D eigenvalue weighted by Crippen LogP contribution is 2.57. The number of hydrogen-bond donors (Lipinski definition) is 2. The molecule has 1 fully saturated rings. The summed E-state index contributed by atoms with van der Waals surface area (Å²) in [5, 5.41) is 10.8.